The quantitative estimate of drug-likeness (QED) is 0.403. The summed E-state index contributed by atoms with van der Waals surface area (Å²) in [6.45, 7) is 8.39. The molecule has 0 N–H and O–H groups in total. The summed E-state index contributed by atoms with van der Waals surface area (Å²) in [5.41, 5.74) is 3.77. The summed E-state index contributed by atoms with van der Waals surface area (Å²) < 4.78 is 36.3. The van der Waals surface area contributed by atoms with E-state index in [2.05, 4.69) is 28.9 Å². The van der Waals surface area contributed by atoms with Crippen LogP contribution < -0.4 is 0 Å². The molecule has 3 aromatic heterocycles. The molecule has 0 aliphatic carbocycles. The van der Waals surface area contributed by atoms with Crippen LogP contribution in [0.15, 0.2) is 30.6 Å². The molecule has 5 rings (SSSR count). The van der Waals surface area contributed by atoms with E-state index in [4.69, 9.17) is 14.7 Å². The van der Waals surface area contributed by atoms with Crippen LogP contribution in [0, 0.1) is 25.5 Å². The van der Waals surface area contributed by atoms with E-state index < -0.39 is 11.6 Å². The summed E-state index contributed by atoms with van der Waals surface area (Å²) in [4.78, 5) is 18.7. The Morgan fingerprint density at radius 2 is 1.85 bits per heavy atom. The van der Waals surface area contributed by atoms with Gasteiger partial charge in [-0.05, 0) is 52.7 Å². The first kappa shape index (κ1) is 22.5. The molecule has 1 saturated heterocycles. The van der Waals surface area contributed by atoms with Gasteiger partial charge < -0.3 is 4.74 Å². The van der Waals surface area contributed by atoms with Crippen LogP contribution >= 0.6 is 0 Å². The molecule has 34 heavy (non-hydrogen) atoms. The van der Waals surface area contributed by atoms with Crippen molar-refractivity contribution >= 4 is 11.2 Å². The Morgan fingerprint density at radius 3 is 2.59 bits per heavy atom. The number of hydrogen-bond donors (Lipinski definition) is 0. The van der Waals surface area contributed by atoms with Crippen LogP contribution in [0.25, 0.3) is 22.4 Å². The van der Waals surface area contributed by atoms with Gasteiger partial charge in [-0.2, -0.15) is 5.10 Å². The third-order valence-electron chi connectivity index (χ3n) is 6.32. The van der Waals surface area contributed by atoms with Gasteiger partial charge in [-0.3, -0.25) is 4.68 Å². The van der Waals surface area contributed by atoms with E-state index in [0.29, 0.717) is 41.4 Å². The molecular formula is C25H26F2N6O. The average molecular weight is 465 g/mol. The van der Waals surface area contributed by atoms with Crippen molar-refractivity contribution in [3.63, 3.8) is 0 Å². The number of benzene rings is 1. The Labute approximate surface area is 196 Å². The van der Waals surface area contributed by atoms with Gasteiger partial charge in [0, 0.05) is 42.0 Å². The first-order valence-corrected chi connectivity index (χ1v) is 11.4. The fourth-order valence-electron chi connectivity index (χ4n) is 4.25. The van der Waals surface area contributed by atoms with Gasteiger partial charge in [-0.15, -0.1) is 0 Å². The summed E-state index contributed by atoms with van der Waals surface area (Å²) in [5, 5.41) is 4.43. The summed E-state index contributed by atoms with van der Waals surface area (Å²) in [7, 11) is 0. The lowest BCUT2D eigenvalue weighted by atomic mass is 9.92. The van der Waals surface area contributed by atoms with Crippen LogP contribution in [0.2, 0.25) is 0 Å². The Balaban J connectivity index is 1.58. The van der Waals surface area contributed by atoms with E-state index in [-0.39, 0.29) is 23.6 Å². The average Bonchev–Trinajstić information content (AvgIpc) is 3.31. The highest BCUT2D eigenvalue weighted by Crippen LogP contribution is 2.38. The molecular weight excluding hydrogens is 438 g/mol. The van der Waals surface area contributed by atoms with Crippen molar-refractivity contribution in [1.29, 1.82) is 0 Å². The minimum Gasteiger partial charge on any atom is -0.373 e. The van der Waals surface area contributed by atoms with Crippen LogP contribution in [0.5, 0.6) is 0 Å². The van der Waals surface area contributed by atoms with Crippen molar-refractivity contribution in [2.45, 2.75) is 58.6 Å². The number of ether oxygens (including phenoxy) is 1. The lowest BCUT2D eigenvalue weighted by molar-refractivity contribution is 0.00395. The number of fused-ring (bicyclic) bond motifs is 1. The predicted octanol–water partition coefficient (Wildman–Crippen LogP) is 5.39. The monoisotopic (exact) mass is 464 g/mol. The molecule has 0 bridgehead atoms. The lowest BCUT2D eigenvalue weighted by Gasteiger charge is -2.28. The van der Waals surface area contributed by atoms with Crippen LogP contribution in [-0.4, -0.2) is 36.3 Å². The molecule has 9 heteroatoms. The highest BCUT2D eigenvalue weighted by Gasteiger charge is 2.29. The molecule has 0 saturated carbocycles. The normalized spacial score (nSPS) is 18.7. The first-order valence-electron chi connectivity index (χ1n) is 11.4. The summed E-state index contributed by atoms with van der Waals surface area (Å²) in [6, 6.07) is 3.72. The zero-order chi connectivity index (χ0) is 24.0. The molecule has 1 aromatic carbocycles. The van der Waals surface area contributed by atoms with Gasteiger partial charge in [0.1, 0.15) is 28.7 Å². The van der Waals surface area contributed by atoms with Crippen molar-refractivity contribution in [2.75, 3.05) is 6.61 Å². The molecule has 1 aliphatic heterocycles. The van der Waals surface area contributed by atoms with Crippen molar-refractivity contribution < 1.29 is 13.5 Å². The van der Waals surface area contributed by atoms with Crippen molar-refractivity contribution in [3.05, 3.63) is 65.0 Å². The maximum atomic E-state index is 14.8. The predicted molar refractivity (Wildman–Crippen MR) is 123 cm³/mol. The van der Waals surface area contributed by atoms with E-state index in [9.17, 15) is 8.78 Å². The van der Waals surface area contributed by atoms with Crippen LogP contribution in [-0.2, 0) is 4.74 Å². The van der Waals surface area contributed by atoms with Crippen LogP contribution in [0.3, 0.4) is 0 Å². The number of rotatable bonds is 4. The van der Waals surface area contributed by atoms with E-state index in [1.807, 2.05) is 30.9 Å². The second-order valence-electron chi connectivity index (χ2n) is 9.05. The largest absolute Gasteiger partial charge is 0.373 e. The summed E-state index contributed by atoms with van der Waals surface area (Å²) in [6.07, 6.45) is 5.10. The molecule has 4 heterocycles. The number of aryl methyl sites for hydroxylation is 2. The third kappa shape index (κ3) is 4.16. The van der Waals surface area contributed by atoms with Crippen LogP contribution in [0.1, 0.15) is 67.5 Å². The van der Waals surface area contributed by atoms with Gasteiger partial charge in [0.25, 0.3) is 0 Å². The highest BCUT2D eigenvalue weighted by atomic mass is 19.1. The number of aromatic nitrogens is 6. The van der Waals surface area contributed by atoms with E-state index in [0.717, 1.165) is 23.7 Å². The van der Waals surface area contributed by atoms with Gasteiger partial charge in [0.2, 0.25) is 0 Å². The van der Waals surface area contributed by atoms with E-state index in [1.54, 1.807) is 0 Å². The Morgan fingerprint density at radius 1 is 1.06 bits per heavy atom. The zero-order valence-electron chi connectivity index (χ0n) is 19.6. The minimum atomic E-state index is -0.697. The summed E-state index contributed by atoms with van der Waals surface area (Å²) in [5.74, 6) is -0.798. The molecule has 0 amide bonds. The van der Waals surface area contributed by atoms with Gasteiger partial charge in [0.15, 0.2) is 5.65 Å². The Kier molecular flexibility index (Phi) is 5.81. The lowest BCUT2D eigenvalue weighted by Crippen LogP contribution is -2.20. The third-order valence-corrected chi connectivity index (χ3v) is 6.32. The smallest absolute Gasteiger partial charge is 0.182 e. The van der Waals surface area contributed by atoms with Crippen molar-refractivity contribution in [2.24, 2.45) is 0 Å². The topological polar surface area (TPSA) is 78.6 Å². The molecule has 0 unspecified atom stereocenters. The molecule has 1 fully saturated rings. The Hall–Kier alpha value is -3.33. The molecule has 1 aliphatic rings. The zero-order valence-corrected chi connectivity index (χ0v) is 19.6. The number of nitrogens with zero attached hydrogens (tertiary/aromatic N) is 6. The van der Waals surface area contributed by atoms with Crippen LogP contribution in [0.4, 0.5) is 8.78 Å². The maximum Gasteiger partial charge on any atom is 0.182 e. The number of hydrogen-bond acceptors (Lipinski definition) is 6. The van der Waals surface area contributed by atoms with Gasteiger partial charge >= 0.3 is 0 Å². The van der Waals surface area contributed by atoms with Gasteiger partial charge in [0.05, 0.1) is 23.7 Å². The summed E-state index contributed by atoms with van der Waals surface area (Å²) >= 11 is 0. The standard InChI is InChI=1S/C25H26F2N6O/c1-13(2)33-12-17(11-28-33)21-9-16(7-8-34-21)24-31-22(19-6-5-18(26)10-20(19)27)23-25(32-24)30-15(4)14(3)29-23/h5-6,10-13,16,21H,7-9H2,1-4H3/t16-,21-/m1/s1. The first-order chi connectivity index (χ1) is 16.3. The highest BCUT2D eigenvalue weighted by molar-refractivity contribution is 5.87. The van der Waals surface area contributed by atoms with Crippen molar-refractivity contribution in [3.8, 4) is 11.3 Å². The van der Waals surface area contributed by atoms with Gasteiger partial charge in [-0.25, -0.2) is 28.7 Å². The fourth-order valence-corrected chi connectivity index (χ4v) is 4.25. The molecule has 7 nitrogen and oxygen atoms in total. The SMILES string of the molecule is Cc1nc2nc([C@@H]3CCO[C@@H](c4cnn(C(C)C)c4)C3)nc(-c3ccc(F)cc3F)c2nc1C. The molecule has 4 aromatic rings. The fraction of sp³-hybridized carbons (Fsp3) is 0.400. The van der Waals surface area contributed by atoms with Crippen molar-refractivity contribution in [1.82, 2.24) is 29.7 Å². The second-order valence-corrected chi connectivity index (χ2v) is 9.05. The minimum absolute atomic E-state index is 0.0174. The second kappa shape index (κ2) is 8.79. The molecule has 2 atom stereocenters. The molecule has 0 radical (unpaired) electrons. The number of halogens is 2. The maximum absolute atomic E-state index is 14.8. The van der Waals surface area contributed by atoms with Gasteiger partial charge in [-0.1, -0.05) is 0 Å². The molecule has 0 spiro atoms. The van der Waals surface area contributed by atoms with E-state index >= 15 is 0 Å². The molecule has 176 valence electrons. The Bertz CT molecular complexity index is 1370. The van der Waals surface area contributed by atoms with E-state index in [1.165, 1.54) is 12.1 Å².